The molecule has 0 aliphatic carbocycles. The van der Waals surface area contributed by atoms with Gasteiger partial charge in [0.05, 0.1) is 5.56 Å². The van der Waals surface area contributed by atoms with Gasteiger partial charge in [-0.25, -0.2) is 4.98 Å². The molecule has 5 heteroatoms. The van der Waals surface area contributed by atoms with Crippen molar-refractivity contribution in [3.05, 3.63) is 34.6 Å². The van der Waals surface area contributed by atoms with E-state index in [1.54, 1.807) is 0 Å². The lowest BCUT2D eigenvalue weighted by atomic mass is 10.2. The standard InChI is InChI=1S/C9H6ClN3O/c10-9-7(4-11)3-6(5-13-9)1-2-8(12)14/h1-3,5H,(H2,12,14). The molecule has 0 saturated carbocycles. The van der Waals surface area contributed by atoms with Gasteiger partial charge in [0.15, 0.2) is 0 Å². The number of pyridine rings is 1. The number of carbonyl (C=O) groups is 1. The second kappa shape index (κ2) is 4.40. The molecule has 0 radical (unpaired) electrons. The molecule has 0 atom stereocenters. The van der Waals surface area contributed by atoms with Gasteiger partial charge in [0.1, 0.15) is 11.2 Å². The third kappa shape index (κ3) is 2.57. The summed E-state index contributed by atoms with van der Waals surface area (Å²) in [6.45, 7) is 0. The highest BCUT2D eigenvalue weighted by Crippen LogP contribution is 2.13. The molecule has 0 aromatic carbocycles. The molecule has 14 heavy (non-hydrogen) atoms. The maximum Gasteiger partial charge on any atom is 0.241 e. The van der Waals surface area contributed by atoms with Gasteiger partial charge >= 0.3 is 0 Å². The SMILES string of the molecule is N#Cc1cc(C=CC(N)=O)cnc1Cl. The van der Waals surface area contributed by atoms with Gasteiger partial charge in [0, 0.05) is 12.3 Å². The molecule has 0 unspecified atom stereocenters. The largest absolute Gasteiger partial charge is 0.366 e. The lowest BCUT2D eigenvalue weighted by molar-refractivity contribution is -0.113. The average molecular weight is 208 g/mol. The van der Waals surface area contributed by atoms with Crippen molar-refractivity contribution in [2.45, 2.75) is 0 Å². The fourth-order valence-corrected chi connectivity index (χ4v) is 0.958. The minimum absolute atomic E-state index is 0.142. The van der Waals surface area contributed by atoms with E-state index < -0.39 is 5.91 Å². The van der Waals surface area contributed by atoms with Crippen LogP contribution in [0.4, 0.5) is 0 Å². The van der Waals surface area contributed by atoms with Gasteiger partial charge in [-0.1, -0.05) is 11.6 Å². The van der Waals surface area contributed by atoms with Gasteiger partial charge in [-0.2, -0.15) is 5.26 Å². The fourth-order valence-electron chi connectivity index (χ4n) is 0.812. The molecule has 1 rings (SSSR count). The van der Waals surface area contributed by atoms with Crippen molar-refractivity contribution >= 4 is 23.6 Å². The van der Waals surface area contributed by atoms with Crippen LogP contribution in [-0.2, 0) is 4.79 Å². The molecule has 1 aromatic heterocycles. The zero-order valence-corrected chi connectivity index (χ0v) is 7.82. The predicted octanol–water partition coefficient (Wildman–Crippen LogP) is 1.11. The van der Waals surface area contributed by atoms with E-state index in [0.29, 0.717) is 5.56 Å². The zero-order chi connectivity index (χ0) is 10.6. The van der Waals surface area contributed by atoms with Crippen LogP contribution in [0.25, 0.3) is 6.08 Å². The van der Waals surface area contributed by atoms with Crippen LogP contribution in [-0.4, -0.2) is 10.9 Å². The highest BCUT2D eigenvalue weighted by molar-refractivity contribution is 6.30. The van der Waals surface area contributed by atoms with E-state index in [9.17, 15) is 4.79 Å². The van der Waals surface area contributed by atoms with Crippen LogP contribution in [0.1, 0.15) is 11.1 Å². The van der Waals surface area contributed by atoms with Crippen LogP contribution in [0.5, 0.6) is 0 Å². The Morgan fingerprint density at radius 1 is 1.71 bits per heavy atom. The molecule has 1 amide bonds. The van der Waals surface area contributed by atoms with E-state index >= 15 is 0 Å². The van der Waals surface area contributed by atoms with E-state index in [2.05, 4.69) is 4.98 Å². The summed E-state index contributed by atoms with van der Waals surface area (Å²) in [5.74, 6) is -0.557. The fraction of sp³-hybridized carbons (Fsp3) is 0. The summed E-state index contributed by atoms with van der Waals surface area (Å²) in [6.07, 6.45) is 4.10. The third-order valence-corrected chi connectivity index (χ3v) is 1.72. The molecule has 0 bridgehead atoms. The first kappa shape index (κ1) is 10.2. The number of primary amides is 1. The monoisotopic (exact) mass is 207 g/mol. The summed E-state index contributed by atoms with van der Waals surface area (Å²) < 4.78 is 0. The number of halogens is 1. The molecular formula is C9H6ClN3O. The Bertz CT molecular complexity index is 434. The Kier molecular flexibility index (Phi) is 3.21. The molecule has 0 aliphatic rings. The maximum atomic E-state index is 10.4. The molecule has 2 N–H and O–H groups in total. The molecule has 0 aliphatic heterocycles. The number of carbonyl (C=O) groups excluding carboxylic acids is 1. The molecule has 0 fully saturated rings. The minimum atomic E-state index is -0.557. The summed E-state index contributed by atoms with van der Waals surface area (Å²) in [5.41, 5.74) is 5.77. The van der Waals surface area contributed by atoms with Gasteiger partial charge in [0.2, 0.25) is 5.91 Å². The Morgan fingerprint density at radius 3 is 3.00 bits per heavy atom. The molecule has 1 heterocycles. The zero-order valence-electron chi connectivity index (χ0n) is 7.07. The normalized spacial score (nSPS) is 10.0. The highest BCUT2D eigenvalue weighted by atomic mass is 35.5. The lowest BCUT2D eigenvalue weighted by Crippen LogP contribution is -2.05. The molecule has 1 aromatic rings. The first-order valence-corrected chi connectivity index (χ1v) is 4.04. The van der Waals surface area contributed by atoms with Gasteiger partial charge < -0.3 is 5.73 Å². The van der Waals surface area contributed by atoms with Crippen LogP contribution >= 0.6 is 11.6 Å². The molecule has 0 spiro atoms. The second-order valence-electron chi connectivity index (χ2n) is 2.45. The van der Waals surface area contributed by atoms with Crippen LogP contribution < -0.4 is 5.73 Å². The van der Waals surface area contributed by atoms with Crippen molar-refractivity contribution in [3.8, 4) is 6.07 Å². The maximum absolute atomic E-state index is 10.4. The van der Waals surface area contributed by atoms with Crippen molar-refractivity contribution < 1.29 is 4.79 Å². The summed E-state index contributed by atoms with van der Waals surface area (Å²) >= 11 is 5.61. The van der Waals surface area contributed by atoms with Crippen molar-refractivity contribution in [3.63, 3.8) is 0 Å². The van der Waals surface area contributed by atoms with E-state index in [-0.39, 0.29) is 10.7 Å². The van der Waals surface area contributed by atoms with Gasteiger partial charge in [-0.05, 0) is 17.7 Å². The number of rotatable bonds is 2. The molecule has 4 nitrogen and oxygen atoms in total. The summed E-state index contributed by atoms with van der Waals surface area (Å²) in [4.78, 5) is 14.2. The van der Waals surface area contributed by atoms with Gasteiger partial charge in [0.25, 0.3) is 0 Å². The second-order valence-corrected chi connectivity index (χ2v) is 2.81. The van der Waals surface area contributed by atoms with Crippen LogP contribution in [0.2, 0.25) is 5.15 Å². The number of hydrogen-bond acceptors (Lipinski definition) is 3. The molecule has 0 saturated heterocycles. The lowest BCUT2D eigenvalue weighted by Gasteiger charge is -1.95. The van der Waals surface area contributed by atoms with E-state index in [4.69, 9.17) is 22.6 Å². The Morgan fingerprint density at radius 2 is 2.43 bits per heavy atom. The number of hydrogen-bond donors (Lipinski definition) is 1. The smallest absolute Gasteiger partial charge is 0.241 e. The number of aromatic nitrogens is 1. The Hall–Kier alpha value is -1.86. The van der Waals surface area contributed by atoms with Crippen molar-refractivity contribution in [2.24, 2.45) is 5.73 Å². The quantitative estimate of drug-likeness (QED) is 0.583. The van der Waals surface area contributed by atoms with Crippen molar-refractivity contribution in [1.82, 2.24) is 4.98 Å². The Balaban J connectivity index is 3.03. The summed E-state index contributed by atoms with van der Waals surface area (Å²) in [7, 11) is 0. The average Bonchev–Trinajstić information content (AvgIpc) is 2.16. The van der Waals surface area contributed by atoms with Crippen molar-refractivity contribution in [2.75, 3.05) is 0 Å². The van der Waals surface area contributed by atoms with Crippen LogP contribution in [0, 0.1) is 11.3 Å². The molecular weight excluding hydrogens is 202 g/mol. The number of nitrogens with two attached hydrogens (primary N) is 1. The van der Waals surface area contributed by atoms with Crippen LogP contribution in [0.3, 0.4) is 0 Å². The molecule has 70 valence electrons. The van der Waals surface area contributed by atoms with Gasteiger partial charge in [-0.15, -0.1) is 0 Å². The topological polar surface area (TPSA) is 79.8 Å². The first-order chi connectivity index (χ1) is 6.63. The van der Waals surface area contributed by atoms with E-state index in [0.717, 1.165) is 0 Å². The number of amides is 1. The van der Waals surface area contributed by atoms with E-state index in [1.165, 1.54) is 24.4 Å². The van der Waals surface area contributed by atoms with E-state index in [1.807, 2.05) is 6.07 Å². The summed E-state index contributed by atoms with van der Waals surface area (Å²) in [5, 5.41) is 8.77. The number of nitriles is 1. The van der Waals surface area contributed by atoms with Crippen LogP contribution in [0.15, 0.2) is 18.3 Å². The summed E-state index contributed by atoms with van der Waals surface area (Å²) in [6, 6.07) is 3.40. The number of nitrogens with zero attached hydrogens (tertiary/aromatic N) is 2. The Labute approximate surface area is 85.6 Å². The highest BCUT2D eigenvalue weighted by Gasteiger charge is 2.00. The third-order valence-electron chi connectivity index (χ3n) is 1.42. The van der Waals surface area contributed by atoms with Gasteiger partial charge in [-0.3, -0.25) is 4.79 Å². The minimum Gasteiger partial charge on any atom is -0.366 e. The van der Waals surface area contributed by atoms with Crippen molar-refractivity contribution in [1.29, 1.82) is 5.26 Å². The predicted molar refractivity (Wildman–Crippen MR) is 52.2 cm³/mol. The first-order valence-electron chi connectivity index (χ1n) is 3.66.